The minimum Gasteiger partial charge on any atom is -0.388 e. The van der Waals surface area contributed by atoms with Gasteiger partial charge in [-0.25, -0.2) is 0 Å². The Morgan fingerprint density at radius 1 is 0.926 bits per heavy atom. The summed E-state index contributed by atoms with van der Waals surface area (Å²) >= 11 is 2.09. The van der Waals surface area contributed by atoms with Gasteiger partial charge in [0.05, 0.1) is 6.10 Å². The molecule has 1 unspecified atom stereocenters. The number of hydrogen-bond acceptors (Lipinski definition) is 2. The molecule has 2 saturated carbocycles. The molecule has 1 nitrogen and oxygen atoms in total. The van der Waals surface area contributed by atoms with Crippen LogP contribution in [0.1, 0.15) is 68.4 Å². The molecule has 2 aromatic carbocycles. The van der Waals surface area contributed by atoms with E-state index in [4.69, 9.17) is 0 Å². The van der Waals surface area contributed by atoms with Crippen molar-refractivity contribution < 1.29 is 5.11 Å². The Morgan fingerprint density at radius 2 is 1.48 bits per heavy atom. The first kappa shape index (κ1) is 19.1. The highest BCUT2D eigenvalue weighted by Gasteiger charge is 2.58. The average molecular weight is 381 g/mol. The van der Waals surface area contributed by atoms with Crippen molar-refractivity contribution in [1.82, 2.24) is 0 Å². The third-order valence-electron chi connectivity index (χ3n) is 7.68. The summed E-state index contributed by atoms with van der Waals surface area (Å²) in [5.74, 6) is 2.14. The van der Waals surface area contributed by atoms with Crippen molar-refractivity contribution in [2.24, 2.45) is 16.7 Å². The molecule has 0 saturated heterocycles. The molecule has 0 amide bonds. The first-order valence-electron chi connectivity index (χ1n) is 10.4. The maximum Gasteiger partial charge on any atom is 0.0803 e. The van der Waals surface area contributed by atoms with E-state index in [1.807, 2.05) is 30.3 Å². The van der Waals surface area contributed by atoms with Crippen molar-refractivity contribution in [3.05, 3.63) is 71.8 Å². The van der Waals surface area contributed by atoms with Gasteiger partial charge < -0.3 is 5.11 Å². The van der Waals surface area contributed by atoms with Crippen molar-refractivity contribution in [2.75, 3.05) is 5.75 Å². The minimum atomic E-state index is -0.408. The highest BCUT2D eigenvalue weighted by atomic mass is 32.2. The summed E-state index contributed by atoms with van der Waals surface area (Å²) in [6.07, 6.45) is 5.97. The molecule has 2 bridgehead atoms. The molecule has 2 aromatic rings. The number of thioether (sulfide) groups is 1. The molecule has 1 N–H and O–H groups in total. The van der Waals surface area contributed by atoms with Gasteiger partial charge in [-0.1, -0.05) is 74.5 Å². The molecule has 4 rings (SSSR count). The maximum absolute atomic E-state index is 10.9. The van der Waals surface area contributed by atoms with E-state index >= 15 is 0 Å². The van der Waals surface area contributed by atoms with Gasteiger partial charge in [0, 0.05) is 11.0 Å². The van der Waals surface area contributed by atoms with Gasteiger partial charge in [-0.05, 0) is 60.0 Å². The van der Waals surface area contributed by atoms with Crippen LogP contribution in [0.5, 0.6) is 0 Å². The van der Waals surface area contributed by atoms with Crippen LogP contribution in [0, 0.1) is 16.7 Å². The Balaban J connectivity index is 1.51. The topological polar surface area (TPSA) is 20.2 Å². The van der Waals surface area contributed by atoms with Crippen LogP contribution in [0.2, 0.25) is 0 Å². The van der Waals surface area contributed by atoms with Crippen molar-refractivity contribution in [3.63, 3.8) is 0 Å². The summed E-state index contributed by atoms with van der Waals surface area (Å²) < 4.78 is 0. The monoisotopic (exact) mass is 380 g/mol. The second kappa shape index (κ2) is 7.64. The Kier molecular flexibility index (Phi) is 5.40. The fourth-order valence-electron chi connectivity index (χ4n) is 5.54. The van der Waals surface area contributed by atoms with Gasteiger partial charge in [0.15, 0.2) is 0 Å². The van der Waals surface area contributed by atoms with Crippen LogP contribution >= 0.6 is 11.8 Å². The Bertz CT molecular complexity index is 731. The Morgan fingerprint density at radius 3 is 2.00 bits per heavy atom. The number of fused-ring (bicyclic) bond motifs is 2. The molecule has 0 spiro atoms. The highest BCUT2D eigenvalue weighted by molar-refractivity contribution is 7.99. The van der Waals surface area contributed by atoms with Crippen molar-refractivity contribution >= 4 is 11.8 Å². The van der Waals surface area contributed by atoms with E-state index in [1.54, 1.807) is 0 Å². The van der Waals surface area contributed by atoms with E-state index in [-0.39, 0.29) is 0 Å². The van der Waals surface area contributed by atoms with E-state index in [0.717, 1.165) is 17.9 Å². The summed E-state index contributed by atoms with van der Waals surface area (Å²) in [6.45, 7) is 5.02. The highest BCUT2D eigenvalue weighted by Crippen LogP contribution is 2.67. The first-order chi connectivity index (χ1) is 13.0. The zero-order chi connectivity index (χ0) is 18.9. The second-order valence-electron chi connectivity index (χ2n) is 9.15. The van der Waals surface area contributed by atoms with Gasteiger partial charge >= 0.3 is 0 Å². The number of hydrogen-bond donors (Lipinski definition) is 1. The van der Waals surface area contributed by atoms with Crippen LogP contribution in [-0.4, -0.2) is 10.9 Å². The SMILES string of the molecule is CC1(C)C2CCC1(CSC(C[C@H](O)c1ccccc1)c1ccccc1)CC2. The van der Waals surface area contributed by atoms with Crippen LogP contribution in [0.3, 0.4) is 0 Å². The van der Waals surface area contributed by atoms with Crippen LogP contribution in [0.25, 0.3) is 0 Å². The standard InChI is InChI=1S/C25H32OS/c1-24(2)21-13-15-25(24,16-14-21)18-27-23(20-11-7-4-8-12-20)17-22(26)19-9-5-3-6-10-19/h3-12,21-23,26H,13-18H2,1-2H3/t21?,22-,23?,25?/m0/s1. The third-order valence-corrected chi connectivity index (χ3v) is 9.27. The molecule has 144 valence electrons. The molecule has 0 aromatic heterocycles. The fraction of sp³-hybridized carbons (Fsp3) is 0.520. The Hall–Kier alpha value is -1.25. The van der Waals surface area contributed by atoms with Gasteiger partial charge in [0.25, 0.3) is 0 Å². The van der Waals surface area contributed by atoms with Crippen molar-refractivity contribution in [3.8, 4) is 0 Å². The molecular weight excluding hydrogens is 348 g/mol. The lowest BCUT2D eigenvalue weighted by molar-refractivity contribution is 0.156. The van der Waals surface area contributed by atoms with Crippen molar-refractivity contribution in [1.29, 1.82) is 0 Å². The zero-order valence-electron chi connectivity index (χ0n) is 16.6. The summed E-state index contributed by atoms with van der Waals surface area (Å²) in [5, 5.41) is 11.2. The predicted octanol–water partition coefficient (Wildman–Crippen LogP) is 6.80. The minimum absolute atomic E-state index is 0.339. The molecule has 2 heteroatoms. The average Bonchev–Trinajstić information content (AvgIpc) is 3.10. The van der Waals surface area contributed by atoms with Gasteiger partial charge in [-0.2, -0.15) is 11.8 Å². The van der Waals surface area contributed by atoms with E-state index in [9.17, 15) is 5.11 Å². The van der Waals surface area contributed by atoms with Crippen LogP contribution in [0.15, 0.2) is 60.7 Å². The fourth-order valence-corrected chi connectivity index (χ4v) is 7.39. The lowest BCUT2D eigenvalue weighted by Gasteiger charge is -2.39. The number of rotatable bonds is 7. The van der Waals surface area contributed by atoms with E-state index in [2.05, 4.69) is 55.9 Å². The number of benzene rings is 2. The van der Waals surface area contributed by atoms with E-state index in [0.29, 0.717) is 16.1 Å². The lowest BCUT2D eigenvalue weighted by atomic mass is 9.71. The molecule has 0 aliphatic heterocycles. The third kappa shape index (κ3) is 3.59. The second-order valence-corrected chi connectivity index (χ2v) is 10.3. The van der Waals surface area contributed by atoms with Gasteiger partial charge in [0.2, 0.25) is 0 Å². The molecule has 0 heterocycles. The van der Waals surface area contributed by atoms with E-state index < -0.39 is 6.10 Å². The summed E-state index contributed by atoms with van der Waals surface area (Å²) in [6, 6.07) is 20.9. The van der Waals surface area contributed by atoms with Gasteiger partial charge in [0.1, 0.15) is 0 Å². The van der Waals surface area contributed by atoms with Gasteiger partial charge in [-0.3, -0.25) is 0 Å². The summed E-state index contributed by atoms with van der Waals surface area (Å²) in [5.41, 5.74) is 3.34. The molecule has 2 fully saturated rings. The summed E-state index contributed by atoms with van der Waals surface area (Å²) in [7, 11) is 0. The molecule has 0 radical (unpaired) electrons. The Labute approximate surface area is 168 Å². The molecule has 27 heavy (non-hydrogen) atoms. The lowest BCUT2D eigenvalue weighted by Crippen LogP contribution is -2.33. The zero-order valence-corrected chi connectivity index (χ0v) is 17.4. The first-order valence-corrected chi connectivity index (χ1v) is 11.5. The summed E-state index contributed by atoms with van der Waals surface area (Å²) in [4.78, 5) is 0. The van der Waals surface area contributed by atoms with Crippen LogP contribution in [-0.2, 0) is 0 Å². The number of aliphatic hydroxyl groups excluding tert-OH is 1. The molecule has 2 atom stereocenters. The smallest absolute Gasteiger partial charge is 0.0803 e. The van der Waals surface area contributed by atoms with Gasteiger partial charge in [-0.15, -0.1) is 0 Å². The molecule has 2 aliphatic rings. The quantitative estimate of drug-likeness (QED) is 0.570. The number of aliphatic hydroxyl groups is 1. The van der Waals surface area contributed by atoms with Crippen LogP contribution in [0.4, 0.5) is 0 Å². The van der Waals surface area contributed by atoms with Crippen LogP contribution < -0.4 is 0 Å². The predicted molar refractivity (Wildman–Crippen MR) is 116 cm³/mol. The van der Waals surface area contributed by atoms with Crippen molar-refractivity contribution in [2.45, 2.75) is 57.3 Å². The maximum atomic E-state index is 10.9. The molecular formula is C25H32OS. The van der Waals surface area contributed by atoms with E-state index in [1.165, 1.54) is 37.0 Å². The largest absolute Gasteiger partial charge is 0.388 e. The molecule has 2 aliphatic carbocycles. The normalized spacial score (nSPS) is 28.2.